The summed E-state index contributed by atoms with van der Waals surface area (Å²) in [6.07, 6.45) is 3.72. The quantitative estimate of drug-likeness (QED) is 0.841. The average molecular weight is 218 g/mol. The van der Waals surface area contributed by atoms with Gasteiger partial charge < -0.3 is 5.73 Å². The van der Waals surface area contributed by atoms with E-state index in [9.17, 15) is 0 Å². The fraction of sp³-hybridized carbons (Fsp3) is 0.417. The van der Waals surface area contributed by atoms with Crippen molar-refractivity contribution < 1.29 is 0 Å². The van der Waals surface area contributed by atoms with Crippen LogP contribution in [0.1, 0.15) is 24.3 Å². The van der Waals surface area contributed by atoms with Crippen molar-refractivity contribution in [2.24, 2.45) is 5.73 Å². The van der Waals surface area contributed by atoms with Gasteiger partial charge in [0.1, 0.15) is 5.01 Å². The van der Waals surface area contributed by atoms with Crippen LogP contribution in [-0.4, -0.2) is 11.5 Å². The minimum Gasteiger partial charge on any atom is -0.329 e. The lowest BCUT2D eigenvalue weighted by atomic mass is 9.69. The molecule has 1 heterocycles. The fourth-order valence-electron chi connectivity index (χ4n) is 2.21. The van der Waals surface area contributed by atoms with Gasteiger partial charge in [0.25, 0.3) is 0 Å². The molecule has 0 amide bonds. The minimum atomic E-state index is 0.212. The third-order valence-electron chi connectivity index (χ3n) is 3.45. The lowest BCUT2D eigenvalue weighted by Gasteiger charge is -2.38. The second-order valence-electron chi connectivity index (χ2n) is 4.32. The molecule has 0 saturated heterocycles. The summed E-state index contributed by atoms with van der Waals surface area (Å²) in [5, 5.41) is 1.25. The van der Waals surface area contributed by atoms with Gasteiger partial charge in [0.2, 0.25) is 0 Å². The Morgan fingerprint density at radius 1 is 1.33 bits per heavy atom. The summed E-state index contributed by atoms with van der Waals surface area (Å²) in [5.74, 6) is 0. The Labute approximate surface area is 93.1 Å². The highest BCUT2D eigenvalue weighted by Gasteiger charge is 2.40. The van der Waals surface area contributed by atoms with Gasteiger partial charge in [-0.2, -0.15) is 0 Å². The van der Waals surface area contributed by atoms with Crippen molar-refractivity contribution in [2.45, 2.75) is 24.7 Å². The Bertz CT molecular complexity index is 447. The van der Waals surface area contributed by atoms with Gasteiger partial charge in [0.15, 0.2) is 0 Å². The molecule has 1 aromatic heterocycles. The first-order chi connectivity index (χ1) is 7.34. The maximum atomic E-state index is 5.89. The molecule has 2 aromatic rings. The third kappa shape index (κ3) is 1.30. The standard InChI is InChI=1S/C12H14N2S/c13-8-12(6-3-7-12)11-14-9-4-1-2-5-10(9)15-11/h1-2,4-5H,3,6-8,13H2. The van der Waals surface area contributed by atoms with Gasteiger partial charge in [-0.15, -0.1) is 11.3 Å². The second kappa shape index (κ2) is 3.29. The number of nitrogens with zero attached hydrogens (tertiary/aromatic N) is 1. The normalized spacial score (nSPS) is 19.0. The lowest BCUT2D eigenvalue weighted by Crippen LogP contribution is -2.41. The first-order valence-corrected chi connectivity index (χ1v) is 6.22. The number of nitrogens with two attached hydrogens (primary N) is 1. The summed E-state index contributed by atoms with van der Waals surface area (Å²) in [4.78, 5) is 4.72. The molecule has 15 heavy (non-hydrogen) atoms. The Kier molecular flexibility index (Phi) is 2.04. The summed E-state index contributed by atoms with van der Waals surface area (Å²) >= 11 is 1.81. The summed E-state index contributed by atoms with van der Waals surface area (Å²) in [5.41, 5.74) is 7.22. The molecule has 1 fully saturated rings. The molecule has 0 aliphatic heterocycles. The molecule has 0 spiro atoms. The highest BCUT2D eigenvalue weighted by atomic mass is 32.1. The van der Waals surface area contributed by atoms with Crippen molar-refractivity contribution in [3.05, 3.63) is 29.3 Å². The molecular weight excluding hydrogens is 204 g/mol. The lowest BCUT2D eigenvalue weighted by molar-refractivity contribution is 0.252. The molecule has 0 atom stereocenters. The van der Waals surface area contributed by atoms with E-state index in [2.05, 4.69) is 18.2 Å². The van der Waals surface area contributed by atoms with E-state index < -0.39 is 0 Å². The van der Waals surface area contributed by atoms with Crippen LogP contribution in [0.2, 0.25) is 0 Å². The molecule has 1 aliphatic carbocycles. The van der Waals surface area contributed by atoms with Crippen LogP contribution in [0.5, 0.6) is 0 Å². The van der Waals surface area contributed by atoms with E-state index in [0.29, 0.717) is 0 Å². The number of rotatable bonds is 2. The summed E-state index contributed by atoms with van der Waals surface area (Å²) in [6.45, 7) is 0.743. The van der Waals surface area contributed by atoms with Gasteiger partial charge in [0, 0.05) is 12.0 Å². The number of hydrogen-bond donors (Lipinski definition) is 1. The molecular formula is C12H14N2S. The number of para-hydroxylation sites is 1. The maximum absolute atomic E-state index is 5.89. The number of fused-ring (bicyclic) bond motifs is 1. The van der Waals surface area contributed by atoms with E-state index in [-0.39, 0.29) is 5.41 Å². The van der Waals surface area contributed by atoms with Crippen LogP contribution < -0.4 is 5.73 Å². The Morgan fingerprint density at radius 2 is 2.13 bits per heavy atom. The zero-order valence-electron chi connectivity index (χ0n) is 8.57. The smallest absolute Gasteiger partial charge is 0.101 e. The molecule has 3 heteroatoms. The van der Waals surface area contributed by atoms with Crippen LogP contribution in [0.3, 0.4) is 0 Å². The van der Waals surface area contributed by atoms with Gasteiger partial charge >= 0.3 is 0 Å². The van der Waals surface area contributed by atoms with E-state index in [1.54, 1.807) is 0 Å². The van der Waals surface area contributed by atoms with Crippen molar-refractivity contribution in [1.82, 2.24) is 4.98 Å². The minimum absolute atomic E-state index is 0.212. The van der Waals surface area contributed by atoms with Crippen LogP contribution in [0, 0.1) is 0 Å². The monoisotopic (exact) mass is 218 g/mol. The SMILES string of the molecule is NCC1(c2nc3ccccc3s2)CCC1. The van der Waals surface area contributed by atoms with E-state index >= 15 is 0 Å². The van der Waals surface area contributed by atoms with Gasteiger partial charge in [-0.1, -0.05) is 18.6 Å². The zero-order valence-corrected chi connectivity index (χ0v) is 9.39. The number of thiazole rings is 1. The first kappa shape index (κ1) is 9.31. The van der Waals surface area contributed by atoms with Crippen molar-refractivity contribution in [3.8, 4) is 0 Å². The maximum Gasteiger partial charge on any atom is 0.101 e. The third-order valence-corrected chi connectivity index (χ3v) is 4.73. The number of hydrogen-bond acceptors (Lipinski definition) is 3. The largest absolute Gasteiger partial charge is 0.329 e. The van der Waals surface area contributed by atoms with Crippen LogP contribution >= 0.6 is 11.3 Å². The van der Waals surface area contributed by atoms with E-state index in [4.69, 9.17) is 10.7 Å². The molecule has 3 rings (SSSR count). The molecule has 1 aromatic carbocycles. The summed E-state index contributed by atoms with van der Waals surface area (Å²) in [6, 6.07) is 8.33. The predicted octanol–water partition coefficient (Wildman–Crippen LogP) is 2.68. The predicted molar refractivity (Wildman–Crippen MR) is 64.2 cm³/mol. The van der Waals surface area contributed by atoms with E-state index in [1.165, 1.54) is 29.0 Å². The molecule has 1 aliphatic rings. The van der Waals surface area contributed by atoms with Crippen molar-refractivity contribution in [1.29, 1.82) is 0 Å². The van der Waals surface area contributed by atoms with Crippen LogP contribution in [0.25, 0.3) is 10.2 Å². The molecule has 78 valence electrons. The average Bonchev–Trinajstić information content (AvgIpc) is 2.60. The topological polar surface area (TPSA) is 38.9 Å². The van der Waals surface area contributed by atoms with Gasteiger partial charge in [0.05, 0.1) is 10.2 Å². The van der Waals surface area contributed by atoms with Crippen molar-refractivity contribution in [3.63, 3.8) is 0 Å². The van der Waals surface area contributed by atoms with Gasteiger partial charge in [-0.3, -0.25) is 0 Å². The zero-order chi connectivity index (χ0) is 10.3. The molecule has 2 N–H and O–H groups in total. The molecule has 0 unspecified atom stereocenters. The Hall–Kier alpha value is -0.930. The second-order valence-corrected chi connectivity index (χ2v) is 5.36. The van der Waals surface area contributed by atoms with Crippen molar-refractivity contribution >= 4 is 21.6 Å². The Morgan fingerprint density at radius 3 is 2.73 bits per heavy atom. The molecule has 0 bridgehead atoms. The fourth-order valence-corrected chi connectivity index (χ4v) is 3.43. The van der Waals surface area contributed by atoms with Gasteiger partial charge in [-0.25, -0.2) is 4.98 Å². The molecule has 1 saturated carbocycles. The van der Waals surface area contributed by atoms with Crippen molar-refractivity contribution in [2.75, 3.05) is 6.54 Å². The van der Waals surface area contributed by atoms with E-state index in [1.807, 2.05) is 17.4 Å². The first-order valence-electron chi connectivity index (χ1n) is 5.40. The number of benzene rings is 1. The Balaban J connectivity index is 2.11. The number of aromatic nitrogens is 1. The molecule has 0 radical (unpaired) electrons. The van der Waals surface area contributed by atoms with Gasteiger partial charge in [-0.05, 0) is 25.0 Å². The summed E-state index contributed by atoms with van der Waals surface area (Å²) < 4.78 is 1.28. The highest BCUT2D eigenvalue weighted by molar-refractivity contribution is 7.18. The molecule has 2 nitrogen and oxygen atoms in total. The van der Waals surface area contributed by atoms with Crippen LogP contribution in [-0.2, 0) is 5.41 Å². The highest BCUT2D eigenvalue weighted by Crippen LogP contribution is 2.45. The van der Waals surface area contributed by atoms with Crippen LogP contribution in [0.4, 0.5) is 0 Å². The van der Waals surface area contributed by atoms with E-state index in [0.717, 1.165) is 12.1 Å². The summed E-state index contributed by atoms with van der Waals surface area (Å²) in [7, 11) is 0. The van der Waals surface area contributed by atoms with Crippen LogP contribution in [0.15, 0.2) is 24.3 Å².